The number of carbonyl (C=O) groups is 2. The van der Waals surface area contributed by atoms with E-state index in [1.54, 1.807) is 0 Å². The maximum absolute atomic E-state index is 13.2. The van der Waals surface area contributed by atoms with Gasteiger partial charge in [-0.3, -0.25) is 9.59 Å². The van der Waals surface area contributed by atoms with E-state index < -0.39 is 0 Å². The van der Waals surface area contributed by atoms with Gasteiger partial charge in [0.1, 0.15) is 0 Å². The van der Waals surface area contributed by atoms with E-state index in [9.17, 15) is 14.7 Å². The predicted molar refractivity (Wildman–Crippen MR) is 296 cm³/mol. The van der Waals surface area contributed by atoms with Crippen molar-refractivity contribution in [3.8, 4) is 0 Å². The Hall–Kier alpha value is -0.452. The van der Waals surface area contributed by atoms with Crippen LogP contribution < -0.4 is 0 Å². The molecule has 0 saturated carbocycles. The molecule has 0 aromatic heterocycles. The zero-order valence-electron chi connectivity index (χ0n) is 47.3. The van der Waals surface area contributed by atoms with E-state index in [0.717, 1.165) is 122 Å². The summed E-state index contributed by atoms with van der Waals surface area (Å²) in [6.45, 7) is 14.6. The van der Waals surface area contributed by atoms with Crippen molar-refractivity contribution in [3.63, 3.8) is 0 Å². The van der Waals surface area contributed by atoms with Crippen molar-refractivity contribution in [3.05, 3.63) is 6.42 Å². The summed E-state index contributed by atoms with van der Waals surface area (Å²) in [5.41, 5.74) is 0. The van der Waals surface area contributed by atoms with E-state index in [-0.39, 0.29) is 57.5 Å². The van der Waals surface area contributed by atoms with E-state index >= 15 is 0 Å². The standard InChI is InChI=1S/C62H122NO5.Mo/c1-6-11-16-21-24-25-26-27-28-29-30-31-34-43-52-60(57-64)63(53-44-35-37-46-55-67-61(65)58(48-39-19-14-9-4)50-41-32-22-17-12-7-2)54-45-36-38-47-56-68-62(66)59(49-40-20-15-10-5)51-42-33-23-18-13-8-3;/h52,58-60,64H,6-51,53-57H2,1-5H3;/q-1;. The van der Waals surface area contributed by atoms with Crippen molar-refractivity contribution in [1.29, 1.82) is 0 Å². The molecule has 69 heavy (non-hydrogen) atoms. The van der Waals surface area contributed by atoms with Gasteiger partial charge in [0.05, 0.1) is 25.0 Å². The Kier molecular flexibility index (Phi) is 59.8. The average molecular weight is 1060 g/mol. The van der Waals surface area contributed by atoms with Gasteiger partial charge in [-0.2, -0.15) is 6.42 Å². The third kappa shape index (κ3) is 48.3. The molecule has 3 atom stereocenters. The van der Waals surface area contributed by atoms with Gasteiger partial charge in [-0.1, -0.05) is 278 Å². The van der Waals surface area contributed by atoms with Crippen molar-refractivity contribution < 1.29 is 45.2 Å². The van der Waals surface area contributed by atoms with Crippen LogP contribution in [0.1, 0.15) is 330 Å². The third-order valence-electron chi connectivity index (χ3n) is 14.9. The van der Waals surface area contributed by atoms with Crippen molar-refractivity contribution in [1.82, 2.24) is 4.90 Å². The molecule has 0 aromatic rings. The van der Waals surface area contributed by atoms with Crippen LogP contribution >= 0.6 is 0 Å². The second-order valence-electron chi connectivity index (χ2n) is 21.4. The summed E-state index contributed by atoms with van der Waals surface area (Å²) in [5, 5.41) is 10.6. The van der Waals surface area contributed by atoms with Crippen molar-refractivity contribution in [2.75, 3.05) is 32.9 Å². The fourth-order valence-corrected chi connectivity index (χ4v) is 10.1. The van der Waals surface area contributed by atoms with Crippen LogP contribution in [0.5, 0.6) is 0 Å². The molecule has 3 unspecified atom stereocenters. The first kappa shape index (κ1) is 70.6. The largest absolute Gasteiger partial charge is 0.465 e. The number of hydrogen-bond acceptors (Lipinski definition) is 6. The monoisotopic (exact) mass is 1060 g/mol. The third-order valence-corrected chi connectivity index (χ3v) is 14.9. The van der Waals surface area contributed by atoms with Gasteiger partial charge in [-0.25, -0.2) is 0 Å². The molecule has 0 aromatic carbocycles. The molecule has 0 aliphatic heterocycles. The number of aliphatic hydroxyl groups excluding tert-OH is 1. The molecular weight excluding hydrogens is 935 g/mol. The number of nitrogens with zero attached hydrogens (tertiary/aromatic N) is 1. The van der Waals surface area contributed by atoms with Crippen LogP contribution in [-0.2, 0) is 40.1 Å². The quantitative estimate of drug-likeness (QED) is 0.0283. The number of carbonyl (C=O) groups excluding carboxylic acids is 2. The minimum absolute atomic E-state index is 0. The maximum Gasteiger partial charge on any atom is 0.308 e. The number of rotatable bonds is 57. The molecule has 0 saturated heterocycles. The number of hydrogen-bond donors (Lipinski definition) is 1. The first-order valence-electron chi connectivity index (χ1n) is 31.0. The van der Waals surface area contributed by atoms with Crippen LogP contribution in [-0.4, -0.2) is 60.9 Å². The van der Waals surface area contributed by atoms with Gasteiger partial charge in [-0.15, -0.1) is 0 Å². The Bertz CT molecular complexity index is 955. The van der Waals surface area contributed by atoms with E-state index in [2.05, 4.69) is 45.9 Å². The van der Waals surface area contributed by atoms with Crippen molar-refractivity contribution in [2.24, 2.45) is 11.8 Å². The van der Waals surface area contributed by atoms with E-state index in [0.29, 0.717) is 13.2 Å². The fourth-order valence-electron chi connectivity index (χ4n) is 10.1. The van der Waals surface area contributed by atoms with Crippen LogP contribution in [0.15, 0.2) is 0 Å². The summed E-state index contributed by atoms with van der Waals surface area (Å²) in [6.07, 6.45) is 58.5. The summed E-state index contributed by atoms with van der Waals surface area (Å²) in [6, 6.07) is 0.107. The summed E-state index contributed by atoms with van der Waals surface area (Å²) in [5.74, 6) is 0.250. The summed E-state index contributed by atoms with van der Waals surface area (Å²) < 4.78 is 11.8. The van der Waals surface area contributed by atoms with Gasteiger partial charge in [-0.05, 0) is 64.5 Å². The molecule has 0 bridgehead atoms. The Morgan fingerprint density at radius 3 is 0.957 bits per heavy atom. The van der Waals surface area contributed by atoms with Crippen LogP contribution in [0.25, 0.3) is 0 Å². The maximum atomic E-state index is 13.2. The zero-order chi connectivity index (χ0) is 49.6. The summed E-state index contributed by atoms with van der Waals surface area (Å²) in [4.78, 5) is 28.9. The van der Waals surface area contributed by atoms with E-state index in [1.807, 2.05) is 0 Å². The van der Waals surface area contributed by atoms with Crippen LogP contribution in [0, 0.1) is 18.3 Å². The molecule has 0 heterocycles. The van der Waals surface area contributed by atoms with Gasteiger partial charge in [0, 0.05) is 27.7 Å². The number of esters is 2. The van der Waals surface area contributed by atoms with Crippen molar-refractivity contribution in [2.45, 2.75) is 336 Å². The zero-order valence-corrected chi connectivity index (χ0v) is 49.3. The van der Waals surface area contributed by atoms with Crippen molar-refractivity contribution >= 4 is 11.9 Å². The van der Waals surface area contributed by atoms with Crippen LogP contribution in [0.3, 0.4) is 0 Å². The SMILES string of the molecule is CCCCCCCCCCCCCCC[CH-]C(CO)N(CCCCCCOC(=O)C(CCCCCC)CCCCCCCC)CCCCCCOC(=O)C(CCCCCC)CCCCCCCC.[Mo]. The van der Waals surface area contributed by atoms with Gasteiger partial charge in [0.25, 0.3) is 0 Å². The Balaban J connectivity index is 0. The smallest absolute Gasteiger partial charge is 0.308 e. The molecular formula is C62H122MoNO5-. The fraction of sp³-hybridized carbons (Fsp3) is 0.952. The minimum Gasteiger partial charge on any atom is -0.465 e. The van der Waals surface area contributed by atoms with Gasteiger partial charge >= 0.3 is 11.9 Å². The molecule has 0 fully saturated rings. The van der Waals surface area contributed by atoms with E-state index in [1.165, 1.54) is 186 Å². The normalized spacial score (nSPS) is 12.9. The first-order chi connectivity index (χ1) is 33.5. The molecule has 0 rings (SSSR count). The Labute approximate surface area is 446 Å². The molecule has 0 aliphatic carbocycles. The molecule has 0 radical (unpaired) electrons. The second kappa shape index (κ2) is 58.4. The van der Waals surface area contributed by atoms with Crippen LogP contribution in [0.2, 0.25) is 0 Å². The average Bonchev–Trinajstić information content (AvgIpc) is 3.34. The van der Waals surface area contributed by atoms with Gasteiger partial charge in [0.2, 0.25) is 0 Å². The molecule has 0 spiro atoms. The van der Waals surface area contributed by atoms with Gasteiger partial charge < -0.3 is 25.9 Å². The minimum atomic E-state index is 0. The number of aliphatic hydroxyl groups is 1. The molecule has 1 N–H and O–H groups in total. The molecule has 412 valence electrons. The second-order valence-corrected chi connectivity index (χ2v) is 21.4. The summed E-state index contributed by atoms with van der Waals surface area (Å²) >= 11 is 0. The molecule has 7 heteroatoms. The molecule has 0 aliphatic rings. The predicted octanol–water partition coefficient (Wildman–Crippen LogP) is 19.2. The molecule has 0 amide bonds. The Morgan fingerprint density at radius 1 is 0.377 bits per heavy atom. The van der Waals surface area contributed by atoms with Gasteiger partial charge in [0.15, 0.2) is 0 Å². The topological polar surface area (TPSA) is 76.1 Å². The molecule has 6 nitrogen and oxygen atoms in total. The number of unbranched alkanes of at least 4 members (excludes halogenated alkanes) is 35. The van der Waals surface area contributed by atoms with Crippen LogP contribution in [0.4, 0.5) is 0 Å². The van der Waals surface area contributed by atoms with E-state index in [4.69, 9.17) is 9.47 Å². The first-order valence-corrected chi connectivity index (χ1v) is 31.0. The number of ether oxygens (including phenoxy) is 2. The Morgan fingerprint density at radius 2 is 0.638 bits per heavy atom. The summed E-state index contributed by atoms with van der Waals surface area (Å²) in [7, 11) is 0.